The zero-order valence-corrected chi connectivity index (χ0v) is 15.8. The highest BCUT2D eigenvalue weighted by molar-refractivity contribution is 7.91. The van der Waals surface area contributed by atoms with Crippen molar-refractivity contribution in [3.63, 3.8) is 0 Å². The molecular weight excluding hydrogens is 364 g/mol. The zero-order chi connectivity index (χ0) is 18.4. The minimum absolute atomic E-state index is 0.149. The Hall–Kier alpha value is -2.04. The fourth-order valence-electron chi connectivity index (χ4n) is 1.86. The van der Waals surface area contributed by atoms with Crippen LogP contribution in [0.25, 0.3) is 0 Å². The monoisotopic (exact) mass is 384 g/mol. The number of hydrogen-bond acceptors (Lipinski definition) is 7. The van der Waals surface area contributed by atoms with E-state index in [-0.39, 0.29) is 28.4 Å². The van der Waals surface area contributed by atoms with Gasteiger partial charge >= 0.3 is 0 Å². The maximum atomic E-state index is 12.3. The van der Waals surface area contributed by atoms with Gasteiger partial charge in [-0.05, 0) is 25.5 Å². The van der Waals surface area contributed by atoms with Gasteiger partial charge in [-0.1, -0.05) is 36.5 Å². The minimum Gasteiger partial charge on any atom is -0.492 e. The summed E-state index contributed by atoms with van der Waals surface area (Å²) in [5.74, 6) is 0.446. The fourth-order valence-corrected chi connectivity index (χ4v) is 4.02. The lowest BCUT2D eigenvalue weighted by molar-refractivity contribution is -0.115. The van der Waals surface area contributed by atoms with Gasteiger partial charge in [0, 0.05) is 6.42 Å². The number of amides is 1. The molecule has 0 aliphatic heterocycles. The third-order valence-corrected chi connectivity index (χ3v) is 5.94. The summed E-state index contributed by atoms with van der Waals surface area (Å²) in [5.41, 5.74) is 0.970. The molecular formula is C15H20N4O4S2. The van der Waals surface area contributed by atoms with Crippen LogP contribution in [0.5, 0.6) is 5.75 Å². The summed E-state index contributed by atoms with van der Waals surface area (Å²) in [5, 5.41) is 9.92. The largest absolute Gasteiger partial charge is 0.492 e. The number of aromatic nitrogens is 2. The molecule has 0 bridgehead atoms. The average molecular weight is 384 g/mol. The maximum absolute atomic E-state index is 12.3. The topological polar surface area (TPSA) is 110 Å². The van der Waals surface area contributed by atoms with Gasteiger partial charge in [-0.3, -0.25) is 4.79 Å². The van der Waals surface area contributed by atoms with Crippen LogP contribution in [0.3, 0.4) is 0 Å². The Kier molecular flexibility index (Phi) is 6.45. The van der Waals surface area contributed by atoms with Gasteiger partial charge in [-0.25, -0.2) is 13.1 Å². The summed E-state index contributed by atoms with van der Waals surface area (Å²) in [6.07, 6.45) is 0.271. The Bertz CT molecular complexity index is 836. The van der Waals surface area contributed by atoms with Gasteiger partial charge in [0.1, 0.15) is 12.4 Å². The van der Waals surface area contributed by atoms with Crippen LogP contribution in [0.1, 0.15) is 25.8 Å². The molecule has 0 spiro atoms. The zero-order valence-electron chi connectivity index (χ0n) is 14.1. The van der Waals surface area contributed by atoms with Crippen molar-refractivity contribution in [3.8, 4) is 5.75 Å². The highest BCUT2D eigenvalue weighted by Gasteiger charge is 2.23. The van der Waals surface area contributed by atoms with Crippen molar-refractivity contribution < 1.29 is 17.9 Å². The van der Waals surface area contributed by atoms with Gasteiger partial charge < -0.3 is 10.1 Å². The molecule has 0 radical (unpaired) electrons. The maximum Gasteiger partial charge on any atom is 0.270 e. The Labute approximate surface area is 150 Å². The summed E-state index contributed by atoms with van der Waals surface area (Å²) in [6, 6.07) is 7.02. The number of anilines is 1. The second kappa shape index (κ2) is 8.37. The van der Waals surface area contributed by atoms with E-state index in [1.165, 1.54) is 0 Å². The number of aryl methyl sites for hydroxylation is 1. The molecule has 1 amide bonds. The van der Waals surface area contributed by atoms with Crippen molar-refractivity contribution in [2.45, 2.75) is 37.6 Å². The van der Waals surface area contributed by atoms with Crippen LogP contribution >= 0.6 is 11.3 Å². The lowest BCUT2D eigenvalue weighted by Gasteiger charge is -2.15. The summed E-state index contributed by atoms with van der Waals surface area (Å²) >= 11 is 0.797. The summed E-state index contributed by atoms with van der Waals surface area (Å²) in [7, 11) is -3.83. The molecule has 1 aromatic heterocycles. The average Bonchev–Trinajstić information content (AvgIpc) is 3.03. The van der Waals surface area contributed by atoms with E-state index in [0.29, 0.717) is 5.75 Å². The molecule has 2 aromatic rings. The number of nitrogens with one attached hydrogen (secondary N) is 2. The predicted molar refractivity (Wildman–Crippen MR) is 95.3 cm³/mol. The fraction of sp³-hybridized carbons (Fsp3) is 0.400. The van der Waals surface area contributed by atoms with Crippen molar-refractivity contribution in [3.05, 3.63) is 29.8 Å². The molecule has 1 atom stereocenters. The van der Waals surface area contributed by atoms with Crippen molar-refractivity contribution >= 4 is 32.4 Å². The summed E-state index contributed by atoms with van der Waals surface area (Å²) < 4.78 is 32.6. The third kappa shape index (κ3) is 5.48. The van der Waals surface area contributed by atoms with Crippen LogP contribution < -0.4 is 14.8 Å². The van der Waals surface area contributed by atoms with Gasteiger partial charge in [0.15, 0.2) is 0 Å². The lowest BCUT2D eigenvalue weighted by Crippen LogP contribution is -2.36. The van der Waals surface area contributed by atoms with E-state index in [1.54, 1.807) is 13.8 Å². The Morgan fingerprint density at radius 2 is 2.04 bits per heavy atom. The molecule has 2 rings (SSSR count). The predicted octanol–water partition coefficient (Wildman–Crippen LogP) is 1.94. The van der Waals surface area contributed by atoms with E-state index < -0.39 is 16.1 Å². The molecule has 0 aliphatic carbocycles. The third-order valence-electron chi connectivity index (χ3n) is 3.14. The minimum atomic E-state index is -3.83. The smallest absolute Gasteiger partial charge is 0.270 e. The number of rotatable bonds is 8. The summed E-state index contributed by atoms with van der Waals surface area (Å²) in [4.78, 5) is 11.3. The van der Waals surface area contributed by atoms with E-state index in [2.05, 4.69) is 20.2 Å². The number of para-hydroxylation sites is 1. The number of hydrogen-bond donors (Lipinski definition) is 2. The van der Waals surface area contributed by atoms with Crippen molar-refractivity contribution in [1.82, 2.24) is 14.9 Å². The van der Waals surface area contributed by atoms with Crippen LogP contribution in [0.15, 0.2) is 28.6 Å². The molecule has 0 aliphatic rings. The molecule has 8 nitrogen and oxygen atoms in total. The van der Waals surface area contributed by atoms with Gasteiger partial charge in [0.2, 0.25) is 15.4 Å². The SMILES string of the molecule is CCC(=O)Nc1nnc(S(=O)(=O)N[C@@H](C)COc2ccccc2C)s1. The molecule has 25 heavy (non-hydrogen) atoms. The molecule has 0 saturated heterocycles. The van der Waals surface area contributed by atoms with Crippen LogP contribution in [0.4, 0.5) is 5.13 Å². The second-order valence-electron chi connectivity index (χ2n) is 5.37. The Morgan fingerprint density at radius 3 is 2.72 bits per heavy atom. The second-order valence-corrected chi connectivity index (χ2v) is 8.24. The van der Waals surface area contributed by atoms with Crippen molar-refractivity contribution in [2.24, 2.45) is 0 Å². The number of carbonyl (C=O) groups is 1. The highest BCUT2D eigenvalue weighted by Crippen LogP contribution is 2.20. The number of ether oxygens (including phenoxy) is 1. The molecule has 0 unspecified atom stereocenters. The Morgan fingerprint density at radius 1 is 1.32 bits per heavy atom. The first kappa shape index (κ1) is 19.3. The molecule has 1 heterocycles. The standard InChI is InChI=1S/C15H20N4O4S2/c1-4-13(20)16-14-17-18-15(24-14)25(21,22)19-11(3)9-23-12-8-6-5-7-10(12)2/h5-8,11,19H,4,9H2,1-3H3,(H,16,17,20)/t11-/m0/s1. The number of sulfonamides is 1. The van der Waals surface area contributed by atoms with Crippen LogP contribution in [-0.2, 0) is 14.8 Å². The van der Waals surface area contributed by atoms with Crippen molar-refractivity contribution in [1.29, 1.82) is 0 Å². The Balaban J connectivity index is 1.96. The van der Waals surface area contributed by atoms with Gasteiger partial charge in [-0.15, -0.1) is 10.2 Å². The number of nitrogens with zero attached hydrogens (tertiary/aromatic N) is 2. The molecule has 0 saturated carbocycles. The van der Waals surface area contributed by atoms with Gasteiger partial charge in [0.05, 0.1) is 6.04 Å². The number of benzene rings is 1. The van der Waals surface area contributed by atoms with E-state index in [1.807, 2.05) is 31.2 Å². The van der Waals surface area contributed by atoms with Crippen molar-refractivity contribution in [2.75, 3.05) is 11.9 Å². The molecule has 2 N–H and O–H groups in total. The van der Waals surface area contributed by atoms with E-state index >= 15 is 0 Å². The van der Waals surface area contributed by atoms with Crippen LogP contribution in [0.2, 0.25) is 0 Å². The van der Waals surface area contributed by atoms with E-state index in [0.717, 1.165) is 16.9 Å². The van der Waals surface area contributed by atoms with E-state index in [4.69, 9.17) is 4.74 Å². The molecule has 1 aromatic carbocycles. The first-order valence-corrected chi connectivity index (χ1v) is 9.96. The lowest BCUT2D eigenvalue weighted by atomic mass is 10.2. The molecule has 136 valence electrons. The molecule has 0 fully saturated rings. The first-order chi connectivity index (χ1) is 11.8. The van der Waals surface area contributed by atoms with Crippen LogP contribution in [0, 0.1) is 6.92 Å². The number of carbonyl (C=O) groups excluding carboxylic acids is 1. The normalized spacial score (nSPS) is 12.6. The van der Waals surface area contributed by atoms with Crippen LogP contribution in [-0.4, -0.2) is 37.2 Å². The van der Waals surface area contributed by atoms with E-state index in [9.17, 15) is 13.2 Å². The first-order valence-electron chi connectivity index (χ1n) is 7.66. The highest BCUT2D eigenvalue weighted by atomic mass is 32.2. The quantitative estimate of drug-likeness (QED) is 0.673. The summed E-state index contributed by atoms with van der Waals surface area (Å²) in [6.45, 7) is 5.46. The van der Waals surface area contributed by atoms with Gasteiger partial charge in [0.25, 0.3) is 10.0 Å². The van der Waals surface area contributed by atoms with Gasteiger partial charge in [-0.2, -0.15) is 0 Å². The molecule has 10 heteroatoms.